The molecular formula is C30H23N8O2+. The summed E-state index contributed by atoms with van der Waals surface area (Å²) in [5, 5.41) is 6.23. The molecule has 0 bridgehead atoms. The van der Waals surface area contributed by atoms with Crippen LogP contribution in [0.25, 0.3) is 22.2 Å². The molecule has 0 aliphatic rings. The molecule has 1 amide bonds. The Morgan fingerprint density at radius 2 is 1.90 bits per heavy atom. The van der Waals surface area contributed by atoms with E-state index in [1.807, 2.05) is 36.4 Å². The van der Waals surface area contributed by atoms with Gasteiger partial charge >= 0.3 is 5.65 Å². The van der Waals surface area contributed by atoms with Crippen molar-refractivity contribution in [1.82, 2.24) is 29.9 Å². The molecule has 1 atom stereocenters. The zero-order valence-electron chi connectivity index (χ0n) is 21.4. The van der Waals surface area contributed by atoms with Crippen molar-refractivity contribution < 1.29 is 9.31 Å². The van der Waals surface area contributed by atoms with E-state index in [0.29, 0.717) is 33.6 Å². The summed E-state index contributed by atoms with van der Waals surface area (Å²) < 4.78 is 3.07. The number of nitrogens with zero attached hydrogens (tertiary/aromatic N) is 5. The number of nitrogen functional groups attached to an aromatic ring is 1. The maximum atomic E-state index is 14.1. The van der Waals surface area contributed by atoms with Crippen LogP contribution in [0.1, 0.15) is 40.3 Å². The number of para-hydroxylation sites is 1. The Bertz CT molecular complexity index is 2000. The molecule has 0 aliphatic carbocycles. The lowest BCUT2D eigenvalue weighted by Gasteiger charge is -2.19. The van der Waals surface area contributed by atoms with E-state index in [4.69, 9.17) is 10.7 Å². The fourth-order valence-corrected chi connectivity index (χ4v) is 4.55. The number of fused-ring (bicyclic) bond motifs is 2. The van der Waals surface area contributed by atoms with Crippen LogP contribution in [-0.2, 0) is 0 Å². The molecule has 6 rings (SSSR count). The van der Waals surface area contributed by atoms with Gasteiger partial charge in [0.1, 0.15) is 18.2 Å². The van der Waals surface area contributed by atoms with Crippen LogP contribution in [0.15, 0.2) is 96.3 Å². The summed E-state index contributed by atoms with van der Waals surface area (Å²) in [6.45, 7) is 1.77. The minimum Gasteiger partial charge on any atom is -0.382 e. The van der Waals surface area contributed by atoms with Crippen molar-refractivity contribution in [3.05, 3.63) is 124 Å². The highest BCUT2D eigenvalue weighted by molar-refractivity contribution is 6.03. The number of carbonyl (C=O) groups excluding carboxylic acids is 1. The first-order chi connectivity index (χ1) is 19.5. The van der Waals surface area contributed by atoms with Crippen LogP contribution in [0.2, 0.25) is 0 Å². The van der Waals surface area contributed by atoms with Crippen LogP contribution in [-0.4, -0.2) is 30.5 Å². The van der Waals surface area contributed by atoms with Crippen LogP contribution in [0.3, 0.4) is 0 Å². The quantitative estimate of drug-likeness (QED) is 0.238. The summed E-state index contributed by atoms with van der Waals surface area (Å²) in [5.74, 6) is 6.25. The molecule has 6 aromatic rings. The lowest BCUT2D eigenvalue weighted by Crippen LogP contribution is -2.34. The van der Waals surface area contributed by atoms with E-state index in [-0.39, 0.29) is 16.9 Å². The SMILES string of the molecule is CC(NC(=O)c1c(N)[nH][n+]2cccnc12)c1nc2cccc(C#Cc3cccnc3)c2c(=O)n1-c1ccccc1. The molecule has 0 fully saturated rings. The van der Waals surface area contributed by atoms with E-state index < -0.39 is 11.9 Å². The molecule has 0 saturated carbocycles. The number of pyridine rings is 1. The number of amides is 1. The van der Waals surface area contributed by atoms with E-state index in [9.17, 15) is 9.59 Å². The number of hydrogen-bond acceptors (Lipinski definition) is 6. The third-order valence-electron chi connectivity index (χ3n) is 6.38. The number of carbonyl (C=O) groups is 1. The van der Waals surface area contributed by atoms with Crippen molar-refractivity contribution in [3.8, 4) is 17.5 Å². The third kappa shape index (κ3) is 4.41. The monoisotopic (exact) mass is 527 g/mol. The highest BCUT2D eigenvalue weighted by Gasteiger charge is 2.27. The maximum Gasteiger partial charge on any atom is 0.362 e. The summed E-state index contributed by atoms with van der Waals surface area (Å²) in [6, 6.07) is 19.2. The van der Waals surface area contributed by atoms with Crippen molar-refractivity contribution in [2.45, 2.75) is 13.0 Å². The van der Waals surface area contributed by atoms with E-state index >= 15 is 0 Å². The van der Waals surface area contributed by atoms with Gasteiger partial charge in [0.25, 0.3) is 11.5 Å². The Morgan fingerprint density at radius 1 is 1.05 bits per heavy atom. The first kappa shape index (κ1) is 24.5. The smallest absolute Gasteiger partial charge is 0.362 e. The summed E-state index contributed by atoms with van der Waals surface area (Å²) in [5.41, 5.74) is 8.75. The Kier molecular flexibility index (Phi) is 6.22. The normalized spacial score (nSPS) is 11.6. The molecular weight excluding hydrogens is 504 g/mol. The Labute approximate surface area is 228 Å². The van der Waals surface area contributed by atoms with Gasteiger partial charge in [-0.1, -0.05) is 36.1 Å². The number of H-pyrrole nitrogens is 1. The summed E-state index contributed by atoms with van der Waals surface area (Å²) in [6.07, 6.45) is 6.63. The van der Waals surface area contributed by atoms with Gasteiger partial charge in [-0.05, 0) is 48.3 Å². The highest BCUT2D eigenvalue weighted by atomic mass is 16.2. The van der Waals surface area contributed by atoms with Gasteiger partial charge in [-0.15, -0.1) is 4.52 Å². The predicted molar refractivity (Wildman–Crippen MR) is 150 cm³/mol. The van der Waals surface area contributed by atoms with Crippen LogP contribution in [0.4, 0.5) is 5.82 Å². The average Bonchev–Trinajstić information content (AvgIpc) is 3.32. The number of nitrogens with one attached hydrogen (secondary N) is 2. The molecule has 10 nitrogen and oxygen atoms in total. The minimum atomic E-state index is -0.673. The van der Waals surface area contributed by atoms with Crippen molar-refractivity contribution in [2.75, 3.05) is 5.73 Å². The number of aromatic amines is 1. The van der Waals surface area contributed by atoms with Crippen molar-refractivity contribution in [3.63, 3.8) is 0 Å². The second-order valence-electron chi connectivity index (χ2n) is 9.05. The lowest BCUT2D eigenvalue weighted by molar-refractivity contribution is -0.577. The molecule has 2 aromatic carbocycles. The van der Waals surface area contributed by atoms with Crippen molar-refractivity contribution >= 4 is 28.3 Å². The van der Waals surface area contributed by atoms with Gasteiger partial charge in [0.15, 0.2) is 11.4 Å². The van der Waals surface area contributed by atoms with Gasteiger partial charge in [-0.2, -0.15) is 0 Å². The number of rotatable bonds is 4. The van der Waals surface area contributed by atoms with Crippen LogP contribution < -0.4 is 21.1 Å². The van der Waals surface area contributed by atoms with Gasteiger partial charge in [0.05, 0.1) is 22.6 Å². The molecule has 4 heterocycles. The molecule has 194 valence electrons. The number of anilines is 1. The van der Waals surface area contributed by atoms with Gasteiger partial charge in [0, 0.05) is 29.6 Å². The van der Waals surface area contributed by atoms with Gasteiger partial charge in [0.2, 0.25) is 0 Å². The summed E-state index contributed by atoms with van der Waals surface area (Å²) in [4.78, 5) is 40.7. The second kappa shape index (κ2) is 10.2. The Hall–Kier alpha value is -5.82. The zero-order chi connectivity index (χ0) is 27.6. The number of benzene rings is 2. The van der Waals surface area contributed by atoms with Crippen LogP contribution in [0, 0.1) is 11.8 Å². The van der Waals surface area contributed by atoms with E-state index in [0.717, 1.165) is 5.56 Å². The van der Waals surface area contributed by atoms with Crippen LogP contribution in [0.5, 0.6) is 0 Å². The molecule has 10 heteroatoms. The zero-order valence-corrected chi connectivity index (χ0v) is 21.4. The number of hydrogen-bond donors (Lipinski definition) is 3. The van der Waals surface area contributed by atoms with Gasteiger partial charge in [-0.3, -0.25) is 19.1 Å². The highest BCUT2D eigenvalue weighted by Crippen LogP contribution is 2.21. The predicted octanol–water partition coefficient (Wildman–Crippen LogP) is 2.72. The fourth-order valence-electron chi connectivity index (χ4n) is 4.55. The van der Waals surface area contributed by atoms with E-state index in [2.05, 4.69) is 32.2 Å². The minimum absolute atomic E-state index is 0.173. The third-order valence-corrected chi connectivity index (χ3v) is 6.38. The standard InChI is InChI=1S/C30H22N8O2/c1-19(34-29(39)25-26(31)36-37-17-7-16-33-28(25)37)27-35-23-12-5-9-21(14-13-20-8-6-15-32-18-20)24(23)30(40)38(27)22-10-3-2-4-11-22/h2-12,15-19H,1H3,(H3,31,34,36,39)/p+1. The van der Waals surface area contributed by atoms with Gasteiger partial charge < -0.3 is 11.1 Å². The maximum absolute atomic E-state index is 14.1. The van der Waals surface area contributed by atoms with Gasteiger partial charge in [-0.25, -0.2) is 10.1 Å². The second-order valence-corrected chi connectivity index (χ2v) is 9.05. The molecule has 4 N–H and O–H groups in total. The molecule has 0 spiro atoms. The first-order valence-corrected chi connectivity index (χ1v) is 12.5. The first-order valence-electron chi connectivity index (χ1n) is 12.5. The molecule has 4 aromatic heterocycles. The number of aromatic nitrogens is 6. The molecule has 0 saturated heterocycles. The average molecular weight is 528 g/mol. The van der Waals surface area contributed by atoms with Crippen LogP contribution >= 0.6 is 0 Å². The van der Waals surface area contributed by atoms with E-state index in [1.165, 1.54) is 4.57 Å². The molecule has 0 aliphatic heterocycles. The van der Waals surface area contributed by atoms with Crippen molar-refractivity contribution in [2.24, 2.45) is 0 Å². The molecule has 0 radical (unpaired) electrons. The Morgan fingerprint density at radius 3 is 2.70 bits per heavy atom. The Balaban J connectivity index is 1.48. The topological polar surface area (TPSA) is 136 Å². The van der Waals surface area contributed by atoms with E-state index in [1.54, 1.807) is 66.6 Å². The summed E-state index contributed by atoms with van der Waals surface area (Å²) >= 11 is 0. The largest absolute Gasteiger partial charge is 0.382 e. The summed E-state index contributed by atoms with van der Waals surface area (Å²) in [7, 11) is 0. The number of nitrogens with two attached hydrogens (primary N) is 1. The lowest BCUT2D eigenvalue weighted by atomic mass is 10.1. The van der Waals surface area contributed by atoms with Crippen molar-refractivity contribution in [1.29, 1.82) is 0 Å². The molecule has 40 heavy (non-hydrogen) atoms. The molecule has 1 unspecified atom stereocenters. The fraction of sp³-hybridized carbons (Fsp3) is 0.0667.